The second-order valence-corrected chi connectivity index (χ2v) is 6.64. The van der Waals surface area contributed by atoms with E-state index in [1.54, 1.807) is 0 Å². The minimum absolute atomic E-state index is 0.0270. The number of aromatic carboxylic acids is 1. The van der Waals surface area contributed by atoms with Crippen molar-refractivity contribution < 1.29 is 28.9 Å². The molecular formula is C20H18O6. The third kappa shape index (κ3) is 2.72. The van der Waals surface area contributed by atoms with E-state index in [0.29, 0.717) is 28.2 Å². The third-order valence-corrected chi connectivity index (χ3v) is 4.87. The van der Waals surface area contributed by atoms with Gasteiger partial charge in [-0.15, -0.1) is 0 Å². The molecule has 2 aromatic rings. The number of ketones is 1. The fraction of sp³-hybridized carbons (Fsp3) is 0.300. The number of hydrogen-bond acceptors (Lipinski definition) is 5. The standard InChI is InChI=1S/C20H18O6/c1-10-3-14-16(21)7-18(26-17(14)4-11(10)2)15-6-12(20(22)23)5-13-8-24-9-25-19(13)15/h3-6,18H,7-9H2,1-2H3,(H,22,23)/t18-/m1/s1. The van der Waals surface area contributed by atoms with Crippen molar-refractivity contribution in [2.45, 2.75) is 33.0 Å². The molecule has 1 atom stereocenters. The average molecular weight is 354 g/mol. The molecule has 0 amide bonds. The molecule has 26 heavy (non-hydrogen) atoms. The molecule has 134 valence electrons. The zero-order chi connectivity index (χ0) is 18.4. The molecule has 6 heteroatoms. The van der Waals surface area contributed by atoms with Crippen LogP contribution in [-0.4, -0.2) is 23.7 Å². The molecule has 4 rings (SSSR count). The lowest BCUT2D eigenvalue weighted by Gasteiger charge is -2.29. The smallest absolute Gasteiger partial charge is 0.335 e. The molecule has 2 aliphatic rings. The fourth-order valence-electron chi connectivity index (χ4n) is 3.36. The van der Waals surface area contributed by atoms with Crippen LogP contribution in [0, 0.1) is 13.8 Å². The van der Waals surface area contributed by atoms with Gasteiger partial charge in [0, 0.05) is 11.1 Å². The van der Waals surface area contributed by atoms with E-state index in [4.69, 9.17) is 14.2 Å². The van der Waals surface area contributed by atoms with Crippen molar-refractivity contribution in [3.63, 3.8) is 0 Å². The summed E-state index contributed by atoms with van der Waals surface area (Å²) >= 11 is 0. The Bertz CT molecular complexity index is 930. The number of rotatable bonds is 2. The second-order valence-electron chi connectivity index (χ2n) is 6.64. The first-order valence-corrected chi connectivity index (χ1v) is 8.36. The molecule has 0 bridgehead atoms. The Balaban J connectivity index is 1.80. The highest BCUT2D eigenvalue weighted by Gasteiger charge is 2.32. The number of ether oxygens (including phenoxy) is 3. The van der Waals surface area contributed by atoms with Crippen LogP contribution >= 0.6 is 0 Å². The molecule has 1 N–H and O–H groups in total. The summed E-state index contributed by atoms with van der Waals surface area (Å²) in [6.45, 7) is 4.26. The number of aryl methyl sites for hydroxylation is 2. The first-order chi connectivity index (χ1) is 12.4. The summed E-state index contributed by atoms with van der Waals surface area (Å²) in [7, 11) is 0. The van der Waals surface area contributed by atoms with Gasteiger partial charge >= 0.3 is 5.97 Å². The minimum atomic E-state index is -1.05. The normalized spacial score (nSPS) is 18.4. The van der Waals surface area contributed by atoms with Crippen molar-refractivity contribution in [2.24, 2.45) is 0 Å². The SMILES string of the molecule is Cc1cc2c(cc1C)C(=O)C[C@H](c1cc(C(=O)O)cc3c1OCOC3)O2. The molecule has 2 heterocycles. The Morgan fingerprint density at radius 2 is 1.92 bits per heavy atom. The summed E-state index contributed by atoms with van der Waals surface area (Å²) in [5.74, 6) is -0.00302. The van der Waals surface area contributed by atoms with Crippen LogP contribution in [0.4, 0.5) is 0 Å². The molecule has 0 saturated carbocycles. The Labute approximate surface area is 150 Å². The number of benzene rings is 2. The van der Waals surface area contributed by atoms with Crippen molar-refractivity contribution in [2.75, 3.05) is 6.79 Å². The van der Waals surface area contributed by atoms with Gasteiger partial charge in [-0.05, 0) is 49.2 Å². The summed E-state index contributed by atoms with van der Waals surface area (Å²) < 4.78 is 16.9. The quantitative estimate of drug-likeness (QED) is 0.888. The van der Waals surface area contributed by atoms with Crippen LogP contribution in [0.3, 0.4) is 0 Å². The molecule has 0 unspecified atom stereocenters. The topological polar surface area (TPSA) is 82.1 Å². The minimum Gasteiger partial charge on any atom is -0.484 e. The number of carboxylic acid groups (broad SMARTS) is 1. The van der Waals surface area contributed by atoms with E-state index in [1.165, 1.54) is 12.1 Å². The molecule has 0 radical (unpaired) electrons. The highest BCUT2D eigenvalue weighted by Crippen LogP contribution is 2.42. The number of carbonyl (C=O) groups excluding carboxylic acids is 1. The van der Waals surface area contributed by atoms with Crippen LogP contribution in [-0.2, 0) is 11.3 Å². The van der Waals surface area contributed by atoms with Crippen LogP contribution in [0.1, 0.15) is 55.5 Å². The van der Waals surface area contributed by atoms with E-state index in [0.717, 1.165) is 11.1 Å². The molecule has 0 aromatic heterocycles. The van der Waals surface area contributed by atoms with Gasteiger partial charge < -0.3 is 19.3 Å². The van der Waals surface area contributed by atoms with E-state index in [9.17, 15) is 14.7 Å². The highest BCUT2D eigenvalue weighted by atomic mass is 16.7. The van der Waals surface area contributed by atoms with Gasteiger partial charge in [-0.2, -0.15) is 0 Å². The number of carbonyl (C=O) groups is 2. The van der Waals surface area contributed by atoms with Gasteiger partial charge in [0.25, 0.3) is 0 Å². The summed E-state index contributed by atoms with van der Waals surface area (Å²) in [5, 5.41) is 9.40. The lowest BCUT2D eigenvalue weighted by atomic mass is 9.91. The van der Waals surface area contributed by atoms with Crippen molar-refractivity contribution in [1.82, 2.24) is 0 Å². The number of Topliss-reactive ketones (excluding diaryl/α,β-unsaturated/α-hetero) is 1. The van der Waals surface area contributed by atoms with Gasteiger partial charge in [-0.25, -0.2) is 4.79 Å². The zero-order valence-electron chi connectivity index (χ0n) is 14.5. The van der Waals surface area contributed by atoms with E-state index >= 15 is 0 Å². The van der Waals surface area contributed by atoms with Gasteiger partial charge in [0.1, 0.15) is 17.6 Å². The van der Waals surface area contributed by atoms with Crippen molar-refractivity contribution in [3.05, 3.63) is 57.6 Å². The Morgan fingerprint density at radius 3 is 2.69 bits per heavy atom. The summed E-state index contributed by atoms with van der Waals surface area (Å²) in [6, 6.07) is 6.76. The van der Waals surface area contributed by atoms with Gasteiger partial charge in [0.15, 0.2) is 12.6 Å². The van der Waals surface area contributed by atoms with Gasteiger partial charge in [0.2, 0.25) is 0 Å². The molecule has 6 nitrogen and oxygen atoms in total. The third-order valence-electron chi connectivity index (χ3n) is 4.87. The van der Waals surface area contributed by atoms with Crippen LogP contribution in [0.15, 0.2) is 24.3 Å². The molecule has 0 fully saturated rings. The monoisotopic (exact) mass is 354 g/mol. The number of carboxylic acids is 1. The highest BCUT2D eigenvalue weighted by molar-refractivity contribution is 6.00. The lowest BCUT2D eigenvalue weighted by Crippen LogP contribution is -2.23. The molecule has 0 saturated heterocycles. The summed E-state index contributed by atoms with van der Waals surface area (Å²) in [5.41, 5.74) is 3.97. The van der Waals surface area contributed by atoms with Gasteiger partial charge in [0.05, 0.1) is 24.2 Å². The van der Waals surface area contributed by atoms with Crippen molar-refractivity contribution in [1.29, 1.82) is 0 Å². The van der Waals surface area contributed by atoms with E-state index in [1.807, 2.05) is 26.0 Å². The Hall–Kier alpha value is -2.86. The van der Waals surface area contributed by atoms with Gasteiger partial charge in [-0.1, -0.05) is 0 Å². The maximum absolute atomic E-state index is 12.7. The van der Waals surface area contributed by atoms with Crippen LogP contribution in [0.5, 0.6) is 11.5 Å². The fourth-order valence-corrected chi connectivity index (χ4v) is 3.36. The van der Waals surface area contributed by atoms with E-state index < -0.39 is 12.1 Å². The van der Waals surface area contributed by atoms with Gasteiger partial charge in [-0.3, -0.25) is 4.79 Å². The number of fused-ring (bicyclic) bond motifs is 2. The Kier molecular flexibility index (Phi) is 3.92. The van der Waals surface area contributed by atoms with Crippen molar-refractivity contribution >= 4 is 11.8 Å². The molecule has 0 spiro atoms. The predicted octanol–water partition coefficient (Wildman–Crippen LogP) is 3.57. The summed E-state index contributed by atoms with van der Waals surface area (Å²) in [6.07, 6.45) is -0.460. The largest absolute Gasteiger partial charge is 0.484 e. The second kappa shape index (κ2) is 6.14. The number of hydrogen-bond donors (Lipinski definition) is 1. The first-order valence-electron chi connectivity index (χ1n) is 8.36. The lowest BCUT2D eigenvalue weighted by molar-refractivity contribution is -0.0184. The molecule has 2 aromatic carbocycles. The van der Waals surface area contributed by atoms with E-state index in [2.05, 4.69) is 0 Å². The van der Waals surface area contributed by atoms with Crippen LogP contribution in [0.25, 0.3) is 0 Å². The van der Waals surface area contributed by atoms with Crippen molar-refractivity contribution in [3.8, 4) is 11.5 Å². The van der Waals surface area contributed by atoms with Crippen LogP contribution < -0.4 is 9.47 Å². The molecule has 0 aliphatic carbocycles. The maximum Gasteiger partial charge on any atom is 0.335 e. The predicted molar refractivity (Wildman–Crippen MR) is 91.9 cm³/mol. The molecule has 2 aliphatic heterocycles. The first kappa shape index (κ1) is 16.6. The Morgan fingerprint density at radius 1 is 1.15 bits per heavy atom. The van der Waals surface area contributed by atoms with Crippen LogP contribution in [0.2, 0.25) is 0 Å². The zero-order valence-corrected chi connectivity index (χ0v) is 14.5. The average Bonchev–Trinajstić information content (AvgIpc) is 2.62. The molecular weight excluding hydrogens is 336 g/mol. The van der Waals surface area contributed by atoms with E-state index in [-0.39, 0.29) is 31.2 Å². The summed E-state index contributed by atoms with van der Waals surface area (Å²) in [4.78, 5) is 24.1. The maximum atomic E-state index is 12.7.